The fourth-order valence-corrected chi connectivity index (χ4v) is 2.68. The molecule has 0 aliphatic carbocycles. The first-order valence-corrected chi connectivity index (χ1v) is 8.74. The summed E-state index contributed by atoms with van der Waals surface area (Å²) in [5.41, 5.74) is 2.09. The Bertz CT molecular complexity index is 916. The highest BCUT2D eigenvalue weighted by Gasteiger charge is 2.09. The normalized spacial score (nSPS) is 10.3. The smallest absolute Gasteiger partial charge is 0.271 e. The van der Waals surface area contributed by atoms with Crippen LogP contribution in [0.4, 0.5) is 5.82 Å². The van der Waals surface area contributed by atoms with Crippen LogP contribution in [-0.2, 0) is 13.1 Å². The zero-order valence-electron chi connectivity index (χ0n) is 14.8. The molecule has 1 aromatic heterocycles. The Kier molecular flexibility index (Phi) is 6.22. The van der Waals surface area contributed by atoms with Crippen molar-refractivity contribution in [1.82, 2.24) is 15.3 Å². The highest BCUT2D eigenvalue weighted by atomic mass is 35.5. The number of amides is 1. The number of carbonyl (C=O) groups excluding carboxylic acids is 1. The number of anilines is 1. The third kappa shape index (κ3) is 4.95. The number of halogens is 1. The number of para-hydroxylation sites is 1. The molecule has 0 atom stereocenters. The van der Waals surface area contributed by atoms with Crippen LogP contribution in [0, 0.1) is 0 Å². The lowest BCUT2D eigenvalue weighted by molar-refractivity contribution is 0.0945. The van der Waals surface area contributed by atoms with E-state index in [1.807, 2.05) is 42.5 Å². The van der Waals surface area contributed by atoms with E-state index >= 15 is 0 Å². The van der Waals surface area contributed by atoms with Gasteiger partial charge in [0.2, 0.25) is 0 Å². The number of benzene rings is 2. The van der Waals surface area contributed by atoms with Crippen molar-refractivity contribution in [3.63, 3.8) is 0 Å². The Hall–Kier alpha value is -3.12. The maximum absolute atomic E-state index is 12.2. The van der Waals surface area contributed by atoms with Crippen molar-refractivity contribution in [3.05, 3.63) is 82.8 Å². The van der Waals surface area contributed by atoms with E-state index in [0.29, 0.717) is 23.9 Å². The average molecular weight is 383 g/mol. The summed E-state index contributed by atoms with van der Waals surface area (Å²) in [6.45, 7) is 0.866. The van der Waals surface area contributed by atoms with Crippen molar-refractivity contribution in [2.24, 2.45) is 0 Å². The third-order valence-corrected chi connectivity index (χ3v) is 4.30. The lowest BCUT2D eigenvalue weighted by Gasteiger charge is -2.10. The minimum atomic E-state index is -0.307. The van der Waals surface area contributed by atoms with Gasteiger partial charge in [-0.15, -0.1) is 0 Å². The van der Waals surface area contributed by atoms with Gasteiger partial charge in [0.05, 0.1) is 19.5 Å². The van der Waals surface area contributed by atoms with Crippen LogP contribution >= 0.6 is 11.6 Å². The van der Waals surface area contributed by atoms with Crippen LogP contribution in [-0.4, -0.2) is 23.0 Å². The Morgan fingerprint density at radius 1 is 1.00 bits per heavy atom. The van der Waals surface area contributed by atoms with Gasteiger partial charge in [0, 0.05) is 23.7 Å². The van der Waals surface area contributed by atoms with Crippen molar-refractivity contribution in [1.29, 1.82) is 0 Å². The second-order valence-corrected chi connectivity index (χ2v) is 6.13. The molecule has 1 heterocycles. The van der Waals surface area contributed by atoms with Gasteiger partial charge in [-0.05, 0) is 17.7 Å². The molecule has 0 fully saturated rings. The van der Waals surface area contributed by atoms with Crippen LogP contribution in [0.2, 0.25) is 5.02 Å². The number of methoxy groups -OCH3 is 1. The van der Waals surface area contributed by atoms with E-state index in [1.54, 1.807) is 13.2 Å². The van der Waals surface area contributed by atoms with Crippen molar-refractivity contribution in [3.8, 4) is 5.75 Å². The SMILES string of the molecule is COc1ccccc1CNc1cnc(C(=O)NCc2ccccc2Cl)cn1. The minimum absolute atomic E-state index is 0.241. The predicted octanol–water partition coefficient (Wildman–Crippen LogP) is 3.68. The predicted molar refractivity (Wildman–Crippen MR) is 105 cm³/mol. The Labute approximate surface area is 162 Å². The van der Waals surface area contributed by atoms with E-state index < -0.39 is 0 Å². The Balaban J connectivity index is 1.56. The summed E-state index contributed by atoms with van der Waals surface area (Å²) in [6, 6.07) is 15.1. The van der Waals surface area contributed by atoms with Gasteiger partial charge < -0.3 is 15.4 Å². The molecule has 3 rings (SSSR count). The molecule has 6 nitrogen and oxygen atoms in total. The largest absolute Gasteiger partial charge is 0.496 e. The van der Waals surface area contributed by atoms with Crippen molar-refractivity contribution < 1.29 is 9.53 Å². The second kappa shape index (κ2) is 9.00. The summed E-state index contributed by atoms with van der Waals surface area (Å²) in [4.78, 5) is 20.6. The van der Waals surface area contributed by atoms with Gasteiger partial charge in [-0.2, -0.15) is 0 Å². The minimum Gasteiger partial charge on any atom is -0.496 e. The maximum Gasteiger partial charge on any atom is 0.271 e. The van der Waals surface area contributed by atoms with Gasteiger partial charge in [0.25, 0.3) is 5.91 Å². The summed E-state index contributed by atoms with van der Waals surface area (Å²) >= 11 is 6.08. The van der Waals surface area contributed by atoms with Crippen LogP contribution < -0.4 is 15.4 Å². The number of carbonyl (C=O) groups is 1. The quantitative estimate of drug-likeness (QED) is 0.651. The molecule has 0 aliphatic heterocycles. The zero-order valence-corrected chi connectivity index (χ0v) is 15.5. The fourth-order valence-electron chi connectivity index (χ4n) is 2.48. The molecular weight excluding hydrogens is 364 g/mol. The Morgan fingerprint density at radius 3 is 2.44 bits per heavy atom. The van der Waals surface area contributed by atoms with Crippen LogP contribution in [0.15, 0.2) is 60.9 Å². The van der Waals surface area contributed by atoms with E-state index in [1.165, 1.54) is 12.4 Å². The van der Waals surface area contributed by atoms with Crippen molar-refractivity contribution in [2.75, 3.05) is 12.4 Å². The first kappa shape index (κ1) is 18.7. The highest BCUT2D eigenvalue weighted by molar-refractivity contribution is 6.31. The molecule has 27 heavy (non-hydrogen) atoms. The van der Waals surface area contributed by atoms with Crippen LogP contribution in [0.5, 0.6) is 5.75 Å². The summed E-state index contributed by atoms with van der Waals surface area (Å²) in [6.07, 6.45) is 2.96. The summed E-state index contributed by atoms with van der Waals surface area (Å²) < 4.78 is 5.32. The van der Waals surface area contributed by atoms with Crippen LogP contribution in [0.25, 0.3) is 0 Å². The summed E-state index contributed by atoms with van der Waals surface area (Å²) in [5.74, 6) is 1.07. The molecular formula is C20H19ClN4O2. The first-order chi connectivity index (χ1) is 13.2. The van der Waals surface area contributed by atoms with Gasteiger partial charge in [-0.25, -0.2) is 9.97 Å². The number of rotatable bonds is 7. The molecule has 0 spiro atoms. The van der Waals surface area contributed by atoms with E-state index in [2.05, 4.69) is 20.6 Å². The number of aromatic nitrogens is 2. The van der Waals surface area contributed by atoms with Crippen molar-refractivity contribution >= 4 is 23.3 Å². The summed E-state index contributed by atoms with van der Waals surface area (Å²) in [7, 11) is 1.63. The van der Waals surface area contributed by atoms with E-state index in [9.17, 15) is 4.79 Å². The molecule has 0 unspecified atom stereocenters. The topological polar surface area (TPSA) is 76.1 Å². The molecule has 0 aliphatic rings. The lowest BCUT2D eigenvalue weighted by atomic mass is 10.2. The maximum atomic E-state index is 12.2. The molecule has 138 valence electrons. The zero-order chi connectivity index (χ0) is 19.1. The highest BCUT2D eigenvalue weighted by Crippen LogP contribution is 2.18. The monoisotopic (exact) mass is 382 g/mol. The van der Waals surface area contributed by atoms with Gasteiger partial charge >= 0.3 is 0 Å². The average Bonchev–Trinajstić information content (AvgIpc) is 2.72. The summed E-state index contributed by atoms with van der Waals surface area (Å²) in [5, 5.41) is 6.56. The number of nitrogens with one attached hydrogen (secondary N) is 2. The molecule has 2 aromatic carbocycles. The van der Waals surface area contributed by atoms with Crippen LogP contribution in [0.3, 0.4) is 0 Å². The molecule has 3 aromatic rings. The molecule has 0 bridgehead atoms. The number of ether oxygens (including phenoxy) is 1. The van der Waals surface area contributed by atoms with Gasteiger partial charge in [0.15, 0.2) is 0 Å². The van der Waals surface area contributed by atoms with E-state index in [-0.39, 0.29) is 11.6 Å². The first-order valence-electron chi connectivity index (χ1n) is 8.37. The molecule has 0 radical (unpaired) electrons. The fraction of sp³-hybridized carbons (Fsp3) is 0.150. The van der Waals surface area contributed by atoms with E-state index in [4.69, 9.17) is 16.3 Å². The second-order valence-electron chi connectivity index (χ2n) is 5.73. The van der Waals surface area contributed by atoms with Crippen LogP contribution in [0.1, 0.15) is 21.6 Å². The molecule has 2 N–H and O–H groups in total. The number of nitrogens with zero attached hydrogens (tertiary/aromatic N) is 2. The lowest BCUT2D eigenvalue weighted by Crippen LogP contribution is -2.24. The van der Waals surface area contributed by atoms with E-state index in [0.717, 1.165) is 16.9 Å². The molecule has 1 amide bonds. The third-order valence-electron chi connectivity index (χ3n) is 3.93. The Morgan fingerprint density at radius 2 is 1.74 bits per heavy atom. The molecule has 0 saturated heterocycles. The number of hydrogen-bond acceptors (Lipinski definition) is 5. The van der Waals surface area contributed by atoms with Crippen molar-refractivity contribution in [2.45, 2.75) is 13.1 Å². The molecule has 7 heteroatoms. The molecule has 0 saturated carbocycles. The van der Waals surface area contributed by atoms with Gasteiger partial charge in [-0.3, -0.25) is 4.79 Å². The standard InChI is InChI=1S/C20H19ClN4O2/c1-27-18-9-5-3-7-15(18)11-23-19-13-22-17(12-24-19)20(26)25-10-14-6-2-4-8-16(14)21/h2-9,12-13H,10-11H2,1H3,(H,23,24)(H,25,26). The van der Waals surface area contributed by atoms with Gasteiger partial charge in [-0.1, -0.05) is 48.0 Å². The van der Waals surface area contributed by atoms with Gasteiger partial charge in [0.1, 0.15) is 17.3 Å². The number of hydrogen-bond donors (Lipinski definition) is 2.